The van der Waals surface area contributed by atoms with Crippen LogP contribution in [0.3, 0.4) is 0 Å². The topological polar surface area (TPSA) is 38.4 Å². The second-order valence-electron chi connectivity index (χ2n) is 3.01. The number of hydrogen-bond acceptors (Lipinski definition) is 3. The molecule has 0 amide bonds. The maximum absolute atomic E-state index is 5.61. The predicted octanol–water partition coefficient (Wildman–Crippen LogP) is 2.15. The summed E-state index contributed by atoms with van der Waals surface area (Å²) in [6.45, 7) is 0.965. The summed E-state index contributed by atoms with van der Waals surface area (Å²) >= 11 is 1.83. The lowest BCUT2D eigenvalue weighted by Crippen LogP contribution is -2.04. The Bertz CT molecular complexity index is 316. The van der Waals surface area contributed by atoms with Gasteiger partial charge in [-0.1, -0.05) is 12.1 Å². The molecule has 1 aliphatic heterocycles. The first-order valence-corrected chi connectivity index (χ1v) is 5.38. The number of nitrogens with two attached hydrogens (primary N) is 1. The van der Waals surface area contributed by atoms with Gasteiger partial charge in [-0.2, -0.15) is 0 Å². The van der Waals surface area contributed by atoms with E-state index in [1.54, 1.807) is 0 Å². The van der Waals surface area contributed by atoms with Crippen LogP contribution >= 0.6 is 11.8 Å². The molecule has 68 valence electrons. The van der Waals surface area contributed by atoms with Gasteiger partial charge in [0.05, 0.1) is 5.04 Å². The van der Waals surface area contributed by atoms with Gasteiger partial charge in [0.25, 0.3) is 0 Å². The van der Waals surface area contributed by atoms with Gasteiger partial charge in [0.15, 0.2) is 0 Å². The fraction of sp³-hybridized carbons (Fsp3) is 0.300. The van der Waals surface area contributed by atoms with Crippen molar-refractivity contribution in [3.8, 4) is 0 Å². The number of thioether (sulfide) groups is 1. The van der Waals surface area contributed by atoms with Crippen LogP contribution in [0.5, 0.6) is 0 Å². The molecule has 3 heteroatoms. The molecule has 1 aromatic carbocycles. The summed E-state index contributed by atoms with van der Waals surface area (Å²) in [7, 11) is 0. The van der Waals surface area contributed by atoms with Crippen molar-refractivity contribution >= 4 is 22.5 Å². The van der Waals surface area contributed by atoms with Crippen LogP contribution in [-0.4, -0.2) is 17.3 Å². The number of hydrogen-bond donors (Lipinski definition) is 1. The number of rotatable bonds is 1. The number of aliphatic imine (C=N–C) groups is 1. The highest BCUT2D eigenvalue weighted by Crippen LogP contribution is 2.19. The lowest BCUT2D eigenvalue weighted by atomic mass is 10.2. The summed E-state index contributed by atoms with van der Waals surface area (Å²) < 4.78 is 0. The molecule has 1 aromatic rings. The van der Waals surface area contributed by atoms with Crippen molar-refractivity contribution in [1.82, 2.24) is 0 Å². The van der Waals surface area contributed by atoms with Gasteiger partial charge in [0.2, 0.25) is 0 Å². The van der Waals surface area contributed by atoms with Crippen molar-refractivity contribution in [2.24, 2.45) is 4.99 Å². The van der Waals surface area contributed by atoms with E-state index in [2.05, 4.69) is 4.99 Å². The molecule has 2 rings (SSSR count). The average Bonchev–Trinajstić information content (AvgIpc) is 2.20. The second kappa shape index (κ2) is 3.83. The first-order chi connectivity index (χ1) is 6.36. The van der Waals surface area contributed by atoms with Crippen LogP contribution in [0.15, 0.2) is 29.3 Å². The zero-order chi connectivity index (χ0) is 9.10. The summed E-state index contributed by atoms with van der Waals surface area (Å²) in [6, 6.07) is 7.92. The fourth-order valence-corrected chi connectivity index (χ4v) is 2.21. The molecule has 0 spiro atoms. The van der Waals surface area contributed by atoms with E-state index in [9.17, 15) is 0 Å². The molecule has 0 saturated heterocycles. The van der Waals surface area contributed by atoms with E-state index in [-0.39, 0.29) is 0 Å². The van der Waals surface area contributed by atoms with Crippen LogP contribution in [-0.2, 0) is 0 Å². The van der Waals surface area contributed by atoms with Gasteiger partial charge < -0.3 is 5.73 Å². The zero-order valence-corrected chi connectivity index (χ0v) is 8.18. The van der Waals surface area contributed by atoms with Crippen molar-refractivity contribution < 1.29 is 0 Å². The monoisotopic (exact) mass is 192 g/mol. The van der Waals surface area contributed by atoms with Gasteiger partial charge in [0, 0.05) is 23.5 Å². The molecular weight excluding hydrogens is 180 g/mol. The Balaban J connectivity index is 2.24. The van der Waals surface area contributed by atoms with Crippen LogP contribution in [0.4, 0.5) is 5.69 Å². The van der Waals surface area contributed by atoms with Gasteiger partial charge in [0.1, 0.15) is 0 Å². The molecule has 0 bridgehead atoms. The third kappa shape index (κ3) is 2.04. The molecule has 1 heterocycles. The SMILES string of the molecule is Nc1ccc(C2=NCCCS2)cc1. The molecule has 13 heavy (non-hydrogen) atoms. The minimum absolute atomic E-state index is 0.810. The van der Waals surface area contributed by atoms with Crippen LogP contribution in [0.2, 0.25) is 0 Å². The average molecular weight is 192 g/mol. The van der Waals surface area contributed by atoms with E-state index in [0.29, 0.717) is 0 Å². The molecule has 0 saturated carbocycles. The third-order valence-corrected chi connectivity index (χ3v) is 3.09. The highest BCUT2D eigenvalue weighted by atomic mass is 32.2. The minimum atomic E-state index is 0.810. The maximum atomic E-state index is 5.61. The molecule has 0 fully saturated rings. The van der Waals surface area contributed by atoms with Gasteiger partial charge in [-0.3, -0.25) is 4.99 Å². The Morgan fingerprint density at radius 1 is 1.23 bits per heavy atom. The van der Waals surface area contributed by atoms with E-state index < -0.39 is 0 Å². The van der Waals surface area contributed by atoms with Gasteiger partial charge in [-0.15, -0.1) is 11.8 Å². The Morgan fingerprint density at radius 2 is 2.00 bits per heavy atom. The van der Waals surface area contributed by atoms with E-state index in [1.165, 1.54) is 17.7 Å². The molecule has 2 N–H and O–H groups in total. The molecule has 0 atom stereocenters. The molecule has 2 nitrogen and oxygen atoms in total. The summed E-state index contributed by atoms with van der Waals surface area (Å²) in [5.74, 6) is 1.18. The Hall–Kier alpha value is -0.960. The normalized spacial score (nSPS) is 16.8. The fourth-order valence-electron chi connectivity index (χ4n) is 1.26. The van der Waals surface area contributed by atoms with Gasteiger partial charge >= 0.3 is 0 Å². The number of anilines is 1. The number of nitrogens with zero attached hydrogens (tertiary/aromatic N) is 1. The van der Waals surface area contributed by atoms with Gasteiger partial charge in [-0.05, 0) is 18.6 Å². The first kappa shape index (κ1) is 8.63. The molecule has 0 aromatic heterocycles. The largest absolute Gasteiger partial charge is 0.399 e. The zero-order valence-electron chi connectivity index (χ0n) is 7.36. The lowest BCUT2D eigenvalue weighted by Gasteiger charge is -2.10. The van der Waals surface area contributed by atoms with Crippen LogP contribution in [0.1, 0.15) is 12.0 Å². The third-order valence-electron chi connectivity index (χ3n) is 1.95. The summed E-state index contributed by atoms with van der Waals surface area (Å²) in [5, 5.41) is 1.16. The summed E-state index contributed by atoms with van der Waals surface area (Å²) in [6.07, 6.45) is 1.20. The van der Waals surface area contributed by atoms with Crippen molar-refractivity contribution in [3.05, 3.63) is 29.8 Å². The van der Waals surface area contributed by atoms with Crippen molar-refractivity contribution in [2.75, 3.05) is 18.0 Å². The quantitative estimate of drug-likeness (QED) is 0.692. The molecular formula is C10H12N2S. The number of benzene rings is 1. The maximum Gasteiger partial charge on any atom is 0.0976 e. The van der Waals surface area contributed by atoms with Gasteiger partial charge in [-0.25, -0.2) is 0 Å². The smallest absolute Gasteiger partial charge is 0.0976 e. The Labute approximate surface area is 82.2 Å². The lowest BCUT2D eigenvalue weighted by molar-refractivity contribution is 0.939. The Kier molecular flexibility index (Phi) is 2.54. The van der Waals surface area contributed by atoms with Crippen LogP contribution in [0, 0.1) is 0 Å². The molecule has 1 aliphatic rings. The van der Waals surface area contributed by atoms with Crippen molar-refractivity contribution in [3.63, 3.8) is 0 Å². The van der Waals surface area contributed by atoms with Crippen molar-refractivity contribution in [1.29, 1.82) is 0 Å². The highest BCUT2D eigenvalue weighted by molar-refractivity contribution is 8.14. The molecule has 0 radical (unpaired) electrons. The second-order valence-corrected chi connectivity index (χ2v) is 4.09. The van der Waals surface area contributed by atoms with E-state index >= 15 is 0 Å². The molecule has 0 unspecified atom stereocenters. The van der Waals surface area contributed by atoms with E-state index in [4.69, 9.17) is 5.73 Å². The summed E-state index contributed by atoms with van der Waals surface area (Å²) in [4.78, 5) is 4.47. The molecule has 0 aliphatic carbocycles. The predicted molar refractivity (Wildman–Crippen MR) is 59.3 cm³/mol. The van der Waals surface area contributed by atoms with Crippen LogP contribution < -0.4 is 5.73 Å². The van der Waals surface area contributed by atoms with Crippen molar-refractivity contribution in [2.45, 2.75) is 6.42 Å². The first-order valence-electron chi connectivity index (χ1n) is 4.39. The number of nitrogen functional groups attached to an aromatic ring is 1. The van der Waals surface area contributed by atoms with Crippen LogP contribution in [0.25, 0.3) is 0 Å². The highest BCUT2D eigenvalue weighted by Gasteiger charge is 2.07. The minimum Gasteiger partial charge on any atom is -0.399 e. The van der Waals surface area contributed by atoms with E-state index in [1.807, 2.05) is 36.0 Å². The van der Waals surface area contributed by atoms with E-state index in [0.717, 1.165) is 17.3 Å². The summed E-state index contributed by atoms with van der Waals surface area (Å²) in [5.41, 5.74) is 7.61. The Morgan fingerprint density at radius 3 is 2.62 bits per heavy atom. The standard InChI is InChI=1S/C10H12N2S/c11-9-4-2-8(3-5-9)10-12-6-1-7-13-10/h2-5H,1,6-7,11H2.